The van der Waals surface area contributed by atoms with E-state index in [2.05, 4.69) is 10.6 Å². The molecule has 0 aliphatic carbocycles. The number of carboxylic acid groups (broad SMARTS) is 2. The van der Waals surface area contributed by atoms with Crippen LogP contribution in [-0.2, 0) is 19.2 Å². The van der Waals surface area contributed by atoms with E-state index in [9.17, 15) is 29.2 Å². The molecular formula is C13H22N4O8S. The molecule has 148 valence electrons. The fourth-order valence-electron chi connectivity index (χ4n) is 1.50. The zero-order valence-corrected chi connectivity index (χ0v) is 14.8. The predicted molar refractivity (Wildman–Crippen MR) is 89.4 cm³/mol. The second-order valence-electron chi connectivity index (χ2n) is 5.01. The maximum Gasteiger partial charge on any atom is 0.322 e. The maximum atomic E-state index is 12.0. The quantitative estimate of drug-likeness (QED) is 0.176. The molecule has 0 fully saturated rings. The van der Waals surface area contributed by atoms with Gasteiger partial charge in [0.05, 0.1) is 0 Å². The number of hydrogen-bond donors (Lipinski definition) is 6. The number of rotatable bonds is 11. The molecule has 0 aliphatic heterocycles. The molecule has 0 radical (unpaired) electrons. The zero-order valence-electron chi connectivity index (χ0n) is 14.0. The van der Waals surface area contributed by atoms with E-state index >= 15 is 0 Å². The predicted octanol–water partition coefficient (Wildman–Crippen LogP) is -1.57. The highest BCUT2D eigenvalue weighted by atomic mass is 32.2. The first-order valence-corrected chi connectivity index (χ1v) is 8.47. The second kappa shape index (κ2) is 12.1. The third kappa shape index (κ3) is 9.80. The molecule has 0 bridgehead atoms. The van der Waals surface area contributed by atoms with Gasteiger partial charge in [-0.05, 0) is 13.3 Å². The number of nitrogens with zero attached hydrogens (tertiary/aromatic N) is 1. The molecule has 0 aromatic rings. The third-order valence-corrected chi connectivity index (χ3v) is 3.91. The van der Waals surface area contributed by atoms with Crippen molar-refractivity contribution < 1.29 is 39.4 Å². The number of aliphatic carboxylic acids is 2. The standard InChI is InChI=1S/C13H22N4O8S/c1-2-17(25)13(24)26-6-8(11(21)15-5-10(19)20)16-9(18)4-3-7(14)12(22)23/h7-8,25H,2-6,14H2,1H3,(H,15,21)(H,16,18)(H,19,20)(H,22,23). The number of carbonyl (C=O) groups excluding carboxylic acids is 3. The lowest BCUT2D eigenvalue weighted by Gasteiger charge is -2.19. The van der Waals surface area contributed by atoms with E-state index < -0.39 is 47.6 Å². The number of hydrogen-bond acceptors (Lipinski definition) is 8. The van der Waals surface area contributed by atoms with Crippen LogP contribution in [0.2, 0.25) is 0 Å². The number of nitrogens with two attached hydrogens (primary N) is 1. The number of carbonyl (C=O) groups is 5. The first-order chi connectivity index (χ1) is 12.1. The van der Waals surface area contributed by atoms with Crippen molar-refractivity contribution in [3.8, 4) is 0 Å². The van der Waals surface area contributed by atoms with Crippen molar-refractivity contribution in [1.82, 2.24) is 15.7 Å². The number of hydroxylamine groups is 2. The summed E-state index contributed by atoms with van der Waals surface area (Å²) in [5.74, 6) is -4.38. The Balaban J connectivity index is 4.77. The Labute approximate surface area is 153 Å². The fraction of sp³-hybridized carbons (Fsp3) is 0.615. The van der Waals surface area contributed by atoms with E-state index in [1.165, 1.54) is 6.92 Å². The molecule has 0 aromatic heterocycles. The first kappa shape index (κ1) is 23.6. The van der Waals surface area contributed by atoms with Gasteiger partial charge >= 0.3 is 17.2 Å². The second-order valence-corrected chi connectivity index (χ2v) is 5.98. The van der Waals surface area contributed by atoms with Crippen LogP contribution in [0.15, 0.2) is 0 Å². The molecular weight excluding hydrogens is 372 g/mol. The maximum absolute atomic E-state index is 12.0. The third-order valence-electron chi connectivity index (χ3n) is 2.95. The number of thioether (sulfide) groups is 1. The van der Waals surface area contributed by atoms with Crippen LogP contribution >= 0.6 is 11.8 Å². The van der Waals surface area contributed by atoms with Gasteiger partial charge in [-0.1, -0.05) is 11.8 Å². The van der Waals surface area contributed by atoms with Crippen LogP contribution in [-0.4, -0.2) is 80.4 Å². The van der Waals surface area contributed by atoms with E-state index in [0.29, 0.717) is 16.8 Å². The minimum absolute atomic E-state index is 0.0150. The molecule has 0 saturated heterocycles. The van der Waals surface area contributed by atoms with Gasteiger partial charge in [0.15, 0.2) is 0 Å². The summed E-state index contributed by atoms with van der Waals surface area (Å²) in [6.45, 7) is 0.846. The van der Waals surface area contributed by atoms with Crippen molar-refractivity contribution in [2.45, 2.75) is 31.8 Å². The lowest BCUT2D eigenvalue weighted by molar-refractivity contribution is -0.139. The van der Waals surface area contributed by atoms with Gasteiger partial charge in [0.1, 0.15) is 18.6 Å². The monoisotopic (exact) mass is 394 g/mol. The molecule has 0 saturated carbocycles. The summed E-state index contributed by atoms with van der Waals surface area (Å²) in [6.07, 6.45) is -0.452. The highest BCUT2D eigenvalue weighted by Crippen LogP contribution is 2.09. The van der Waals surface area contributed by atoms with Gasteiger partial charge in [-0.25, -0.2) is 5.06 Å². The minimum atomic E-state index is -1.30. The van der Waals surface area contributed by atoms with Gasteiger partial charge in [-0.15, -0.1) is 0 Å². The Morgan fingerprint density at radius 1 is 1.19 bits per heavy atom. The van der Waals surface area contributed by atoms with Crippen LogP contribution in [0.1, 0.15) is 19.8 Å². The van der Waals surface area contributed by atoms with Crippen LogP contribution in [0.5, 0.6) is 0 Å². The van der Waals surface area contributed by atoms with Crippen LogP contribution in [0.4, 0.5) is 4.79 Å². The Bertz CT molecular complexity index is 544. The molecule has 7 N–H and O–H groups in total. The van der Waals surface area contributed by atoms with Crippen LogP contribution in [0.3, 0.4) is 0 Å². The van der Waals surface area contributed by atoms with E-state index in [4.69, 9.17) is 15.9 Å². The minimum Gasteiger partial charge on any atom is -0.480 e. The lowest BCUT2D eigenvalue weighted by Crippen LogP contribution is -2.49. The molecule has 0 aromatic carbocycles. The van der Waals surface area contributed by atoms with Gasteiger partial charge in [0.25, 0.3) is 0 Å². The first-order valence-electron chi connectivity index (χ1n) is 7.48. The highest BCUT2D eigenvalue weighted by Gasteiger charge is 2.24. The average molecular weight is 394 g/mol. The molecule has 0 aliphatic rings. The fourth-order valence-corrected chi connectivity index (χ4v) is 2.33. The van der Waals surface area contributed by atoms with Crippen molar-refractivity contribution in [3.63, 3.8) is 0 Å². The summed E-state index contributed by atoms with van der Waals surface area (Å²) in [5.41, 5.74) is 5.28. The van der Waals surface area contributed by atoms with E-state index in [-0.39, 0.29) is 25.1 Å². The van der Waals surface area contributed by atoms with Gasteiger partial charge in [0, 0.05) is 18.7 Å². The van der Waals surface area contributed by atoms with Crippen LogP contribution < -0.4 is 16.4 Å². The van der Waals surface area contributed by atoms with Crippen molar-refractivity contribution in [2.24, 2.45) is 5.73 Å². The number of nitrogens with one attached hydrogen (secondary N) is 2. The van der Waals surface area contributed by atoms with Crippen molar-refractivity contribution >= 4 is 40.8 Å². The smallest absolute Gasteiger partial charge is 0.322 e. The summed E-state index contributed by atoms with van der Waals surface area (Å²) in [7, 11) is 0. The number of amides is 3. The van der Waals surface area contributed by atoms with E-state index in [1.54, 1.807) is 0 Å². The van der Waals surface area contributed by atoms with E-state index in [1.807, 2.05) is 0 Å². The summed E-state index contributed by atoms with van der Waals surface area (Å²) < 4.78 is 0. The van der Waals surface area contributed by atoms with Gasteiger partial charge < -0.3 is 26.6 Å². The molecule has 0 rings (SSSR count). The normalized spacial score (nSPS) is 12.6. The van der Waals surface area contributed by atoms with E-state index in [0.717, 1.165) is 0 Å². The summed E-state index contributed by atoms with van der Waals surface area (Å²) >= 11 is 0.546. The summed E-state index contributed by atoms with van der Waals surface area (Å²) in [5, 5.41) is 30.5. The van der Waals surface area contributed by atoms with Gasteiger partial charge in [-0.3, -0.25) is 29.2 Å². The van der Waals surface area contributed by atoms with Crippen molar-refractivity contribution in [3.05, 3.63) is 0 Å². The highest BCUT2D eigenvalue weighted by molar-refractivity contribution is 8.13. The largest absolute Gasteiger partial charge is 0.480 e. The summed E-state index contributed by atoms with van der Waals surface area (Å²) in [6, 6.07) is -2.51. The van der Waals surface area contributed by atoms with Crippen molar-refractivity contribution in [1.29, 1.82) is 0 Å². The Kier molecular flexibility index (Phi) is 10.9. The SMILES string of the molecule is CCN(O)C(=O)SCC(NC(=O)CCC(N)C(=O)O)C(=O)NCC(=O)O. The molecule has 26 heavy (non-hydrogen) atoms. The molecule has 12 nitrogen and oxygen atoms in total. The molecule has 0 heterocycles. The molecule has 0 spiro atoms. The van der Waals surface area contributed by atoms with Crippen LogP contribution in [0.25, 0.3) is 0 Å². The Hall–Kier alpha value is -2.38. The lowest BCUT2D eigenvalue weighted by atomic mass is 10.1. The van der Waals surface area contributed by atoms with Gasteiger partial charge in [0.2, 0.25) is 11.8 Å². The van der Waals surface area contributed by atoms with Crippen molar-refractivity contribution in [2.75, 3.05) is 18.8 Å². The van der Waals surface area contributed by atoms with Crippen LogP contribution in [0, 0.1) is 0 Å². The molecule has 2 atom stereocenters. The Morgan fingerprint density at radius 2 is 1.81 bits per heavy atom. The summed E-state index contributed by atoms with van der Waals surface area (Å²) in [4.78, 5) is 56.5. The molecule has 2 unspecified atom stereocenters. The van der Waals surface area contributed by atoms with Gasteiger partial charge in [-0.2, -0.15) is 0 Å². The topological polar surface area (TPSA) is 199 Å². The Morgan fingerprint density at radius 3 is 2.31 bits per heavy atom. The number of carboxylic acids is 2. The zero-order chi connectivity index (χ0) is 20.3. The molecule has 13 heteroatoms. The molecule has 3 amide bonds. The average Bonchev–Trinajstić information content (AvgIpc) is 2.59.